The summed E-state index contributed by atoms with van der Waals surface area (Å²) in [7, 11) is 0. The molecule has 114 valence electrons. The van der Waals surface area contributed by atoms with Crippen LogP contribution in [0.2, 0.25) is 10.0 Å². The van der Waals surface area contributed by atoms with Crippen LogP contribution in [0.15, 0.2) is 30.9 Å². The molecule has 0 aromatic heterocycles. The number of carbonyl (C=O) groups excluding carboxylic acids is 1. The maximum Gasteiger partial charge on any atom is 0.246 e. The Labute approximate surface area is 136 Å². The lowest BCUT2D eigenvalue weighted by Crippen LogP contribution is -2.36. The first-order valence-corrected chi connectivity index (χ1v) is 7.93. The number of hydrogen-bond acceptors (Lipinski definition) is 2. The Morgan fingerprint density at radius 1 is 1.29 bits per heavy atom. The minimum atomic E-state index is -0.0553. The molecule has 1 aliphatic rings. The molecule has 0 atom stereocenters. The van der Waals surface area contributed by atoms with Crippen LogP contribution in [0.1, 0.15) is 18.4 Å². The summed E-state index contributed by atoms with van der Waals surface area (Å²) in [5, 5.41) is 1.04. The van der Waals surface area contributed by atoms with Crippen LogP contribution >= 0.6 is 23.2 Å². The number of benzene rings is 1. The number of likely N-dealkylation sites (tertiary alicyclic amines) is 1. The largest absolute Gasteiger partial charge is 0.334 e. The molecule has 0 radical (unpaired) electrons. The van der Waals surface area contributed by atoms with E-state index in [0.717, 1.165) is 25.2 Å². The van der Waals surface area contributed by atoms with Gasteiger partial charge in [-0.3, -0.25) is 4.79 Å². The molecule has 0 saturated carbocycles. The van der Waals surface area contributed by atoms with Crippen molar-refractivity contribution in [3.05, 3.63) is 46.5 Å². The average molecular weight is 327 g/mol. The van der Waals surface area contributed by atoms with Gasteiger partial charge in [0.2, 0.25) is 5.91 Å². The highest BCUT2D eigenvalue weighted by Crippen LogP contribution is 2.23. The van der Waals surface area contributed by atoms with Gasteiger partial charge in [-0.25, -0.2) is 0 Å². The van der Waals surface area contributed by atoms with Gasteiger partial charge in [0.25, 0.3) is 0 Å². The summed E-state index contributed by atoms with van der Waals surface area (Å²) in [6.45, 7) is 7.96. The van der Waals surface area contributed by atoms with Crippen LogP contribution in [0.3, 0.4) is 0 Å². The lowest BCUT2D eigenvalue weighted by Gasteiger charge is -2.24. The molecule has 1 amide bonds. The van der Waals surface area contributed by atoms with Gasteiger partial charge in [0.1, 0.15) is 0 Å². The summed E-state index contributed by atoms with van der Waals surface area (Å²) in [5.41, 5.74) is 0.973. The van der Waals surface area contributed by atoms with E-state index in [-0.39, 0.29) is 5.91 Å². The first-order chi connectivity index (χ1) is 10.1. The molecule has 0 spiro atoms. The van der Waals surface area contributed by atoms with Gasteiger partial charge in [-0.1, -0.05) is 35.8 Å². The molecular weight excluding hydrogens is 307 g/mol. The molecule has 1 aliphatic heterocycles. The van der Waals surface area contributed by atoms with E-state index in [1.807, 2.05) is 12.1 Å². The molecule has 5 heteroatoms. The minimum Gasteiger partial charge on any atom is -0.334 e. The third-order valence-electron chi connectivity index (χ3n) is 3.73. The average Bonchev–Trinajstić information content (AvgIpc) is 2.99. The second-order valence-corrected chi connectivity index (χ2v) is 6.08. The first-order valence-electron chi connectivity index (χ1n) is 7.18. The number of rotatable bonds is 6. The fraction of sp³-hybridized carbons (Fsp3) is 0.438. The van der Waals surface area contributed by atoms with Crippen molar-refractivity contribution in [1.29, 1.82) is 0 Å². The van der Waals surface area contributed by atoms with Crippen molar-refractivity contribution < 1.29 is 4.79 Å². The molecule has 1 aromatic carbocycles. The van der Waals surface area contributed by atoms with E-state index in [1.54, 1.807) is 11.0 Å². The zero-order valence-corrected chi connectivity index (χ0v) is 13.5. The Bertz CT molecular complexity index is 513. The van der Waals surface area contributed by atoms with E-state index in [1.165, 1.54) is 18.9 Å². The molecule has 0 unspecified atom stereocenters. The van der Waals surface area contributed by atoms with Crippen molar-refractivity contribution in [2.75, 3.05) is 26.2 Å². The lowest BCUT2D eigenvalue weighted by atomic mass is 10.2. The van der Waals surface area contributed by atoms with Gasteiger partial charge < -0.3 is 9.80 Å². The molecule has 1 saturated heterocycles. The molecule has 1 aromatic rings. The number of hydrogen-bond donors (Lipinski definition) is 0. The molecule has 0 aliphatic carbocycles. The van der Waals surface area contributed by atoms with Crippen LogP contribution in [0, 0.1) is 0 Å². The van der Waals surface area contributed by atoms with E-state index < -0.39 is 0 Å². The number of carbonyl (C=O) groups is 1. The molecule has 1 heterocycles. The molecule has 0 N–H and O–H groups in total. The van der Waals surface area contributed by atoms with Gasteiger partial charge in [0.15, 0.2) is 0 Å². The minimum absolute atomic E-state index is 0.0553. The fourth-order valence-electron chi connectivity index (χ4n) is 2.52. The molecule has 3 nitrogen and oxygen atoms in total. The van der Waals surface area contributed by atoms with Crippen LogP contribution < -0.4 is 0 Å². The highest BCUT2D eigenvalue weighted by Gasteiger charge is 2.16. The second kappa shape index (κ2) is 7.83. The molecular formula is C16H20Cl2N2O. The van der Waals surface area contributed by atoms with Crippen molar-refractivity contribution in [2.45, 2.75) is 19.4 Å². The van der Waals surface area contributed by atoms with Crippen LogP contribution in [0.5, 0.6) is 0 Å². The summed E-state index contributed by atoms with van der Waals surface area (Å²) >= 11 is 11.9. The standard InChI is InChI=1S/C16H20Cl2N2O/c1-2-16(21)20(10-9-19-7-3-4-8-19)12-13-5-6-14(17)15(18)11-13/h2,5-6,11H,1,3-4,7-10,12H2. The molecule has 2 rings (SSSR count). The van der Waals surface area contributed by atoms with Crippen LogP contribution in [0.4, 0.5) is 0 Å². The highest BCUT2D eigenvalue weighted by atomic mass is 35.5. The molecule has 21 heavy (non-hydrogen) atoms. The van der Waals surface area contributed by atoms with Crippen LogP contribution in [-0.2, 0) is 11.3 Å². The SMILES string of the molecule is C=CC(=O)N(CCN1CCCC1)Cc1ccc(Cl)c(Cl)c1. The van der Waals surface area contributed by atoms with E-state index in [0.29, 0.717) is 23.1 Å². The number of nitrogens with zero attached hydrogens (tertiary/aromatic N) is 2. The number of amides is 1. The zero-order valence-electron chi connectivity index (χ0n) is 12.0. The van der Waals surface area contributed by atoms with Crippen molar-refractivity contribution in [1.82, 2.24) is 9.80 Å². The predicted octanol–water partition coefficient (Wildman–Crippen LogP) is 3.60. The third kappa shape index (κ3) is 4.73. The predicted molar refractivity (Wildman–Crippen MR) is 87.8 cm³/mol. The van der Waals surface area contributed by atoms with Crippen molar-refractivity contribution in [2.24, 2.45) is 0 Å². The quantitative estimate of drug-likeness (QED) is 0.745. The molecule has 0 bridgehead atoms. The normalized spacial score (nSPS) is 15.1. The van der Waals surface area contributed by atoms with Gasteiger partial charge in [-0.05, 0) is 49.7 Å². The third-order valence-corrected chi connectivity index (χ3v) is 4.47. The van der Waals surface area contributed by atoms with Crippen LogP contribution in [-0.4, -0.2) is 41.9 Å². The summed E-state index contributed by atoms with van der Waals surface area (Å²) in [6, 6.07) is 5.47. The number of halogens is 2. The van der Waals surface area contributed by atoms with Crippen LogP contribution in [0.25, 0.3) is 0 Å². The van der Waals surface area contributed by atoms with Crippen molar-refractivity contribution in [3.63, 3.8) is 0 Å². The second-order valence-electron chi connectivity index (χ2n) is 5.26. The summed E-state index contributed by atoms with van der Waals surface area (Å²) < 4.78 is 0. The van der Waals surface area contributed by atoms with E-state index in [9.17, 15) is 4.79 Å². The van der Waals surface area contributed by atoms with E-state index in [2.05, 4.69) is 11.5 Å². The fourth-order valence-corrected chi connectivity index (χ4v) is 2.84. The first kappa shape index (κ1) is 16.3. The Morgan fingerprint density at radius 2 is 2.00 bits per heavy atom. The Balaban J connectivity index is 1.99. The van der Waals surface area contributed by atoms with Crippen molar-refractivity contribution >= 4 is 29.1 Å². The van der Waals surface area contributed by atoms with E-state index >= 15 is 0 Å². The Kier molecular flexibility index (Phi) is 6.09. The smallest absolute Gasteiger partial charge is 0.246 e. The van der Waals surface area contributed by atoms with Gasteiger partial charge in [0.05, 0.1) is 10.0 Å². The maximum absolute atomic E-state index is 12.0. The van der Waals surface area contributed by atoms with Crippen molar-refractivity contribution in [3.8, 4) is 0 Å². The zero-order chi connectivity index (χ0) is 15.2. The topological polar surface area (TPSA) is 23.6 Å². The molecule has 1 fully saturated rings. The summed E-state index contributed by atoms with van der Waals surface area (Å²) in [6.07, 6.45) is 3.87. The summed E-state index contributed by atoms with van der Waals surface area (Å²) in [5.74, 6) is -0.0553. The lowest BCUT2D eigenvalue weighted by molar-refractivity contribution is -0.126. The highest BCUT2D eigenvalue weighted by molar-refractivity contribution is 6.42. The Hall–Kier alpha value is -1.03. The monoisotopic (exact) mass is 326 g/mol. The van der Waals surface area contributed by atoms with E-state index in [4.69, 9.17) is 23.2 Å². The van der Waals surface area contributed by atoms with Gasteiger partial charge >= 0.3 is 0 Å². The van der Waals surface area contributed by atoms with Gasteiger partial charge in [-0.15, -0.1) is 0 Å². The van der Waals surface area contributed by atoms with Gasteiger partial charge in [-0.2, -0.15) is 0 Å². The Morgan fingerprint density at radius 3 is 2.62 bits per heavy atom. The summed E-state index contributed by atoms with van der Waals surface area (Å²) in [4.78, 5) is 16.2. The van der Waals surface area contributed by atoms with Gasteiger partial charge in [0, 0.05) is 19.6 Å². The maximum atomic E-state index is 12.0.